The van der Waals surface area contributed by atoms with Crippen molar-refractivity contribution in [2.45, 2.75) is 38.3 Å². The van der Waals surface area contributed by atoms with Crippen LogP contribution in [0.1, 0.15) is 38.3 Å². The number of rotatable bonds is 3. The van der Waals surface area contributed by atoms with Crippen LogP contribution in [0.3, 0.4) is 0 Å². The summed E-state index contributed by atoms with van der Waals surface area (Å²) >= 11 is 0. The zero-order valence-corrected chi connectivity index (χ0v) is 12.8. The van der Waals surface area contributed by atoms with E-state index in [1.807, 2.05) is 0 Å². The molecule has 3 aromatic rings. The predicted molar refractivity (Wildman–Crippen MR) is 88.9 cm³/mol. The second-order valence-electron chi connectivity index (χ2n) is 6.45. The number of para-hydroxylation sites is 1. The topological polar surface area (TPSA) is 34.4 Å². The monoisotopic (exact) mass is 290 g/mol. The van der Waals surface area contributed by atoms with Gasteiger partial charge in [-0.05, 0) is 50.5 Å². The van der Waals surface area contributed by atoms with Gasteiger partial charge in [0.25, 0.3) is 0 Å². The van der Waals surface area contributed by atoms with E-state index in [9.17, 15) is 4.79 Å². The Labute approximate surface area is 129 Å². The Morgan fingerprint density at radius 1 is 1.09 bits per heavy atom. The normalized spacial score (nSPS) is 16.1. The molecule has 0 unspecified atom stereocenters. The molecule has 0 N–H and O–H groups in total. The highest BCUT2D eigenvalue weighted by molar-refractivity contribution is 6.08. The maximum absolute atomic E-state index is 10.7. The highest BCUT2D eigenvalue weighted by Gasteiger charge is 2.45. The first-order valence-corrected chi connectivity index (χ1v) is 7.78. The Bertz CT molecular complexity index is 925. The van der Waals surface area contributed by atoms with E-state index in [1.165, 1.54) is 21.8 Å². The lowest BCUT2D eigenvalue weighted by Crippen LogP contribution is -2.03. The van der Waals surface area contributed by atoms with Crippen LogP contribution in [0.25, 0.3) is 21.8 Å². The van der Waals surface area contributed by atoms with Crippen molar-refractivity contribution < 1.29 is 4.79 Å². The van der Waals surface area contributed by atoms with Gasteiger partial charge in [-0.1, -0.05) is 24.3 Å². The van der Waals surface area contributed by atoms with Crippen LogP contribution >= 0.6 is 0 Å². The predicted octanol–water partition coefficient (Wildman–Crippen LogP) is 4.70. The van der Waals surface area contributed by atoms with Crippen LogP contribution in [0.5, 0.6) is 0 Å². The number of aliphatic imine (C=N–C) groups is 1. The molecule has 0 atom stereocenters. The molecule has 22 heavy (non-hydrogen) atoms. The molecule has 0 radical (unpaired) electrons. The summed E-state index contributed by atoms with van der Waals surface area (Å²) in [7, 11) is 0. The minimum Gasteiger partial charge on any atom is -0.338 e. The molecule has 3 nitrogen and oxygen atoms in total. The first-order chi connectivity index (χ1) is 10.7. The van der Waals surface area contributed by atoms with E-state index in [-0.39, 0.29) is 5.54 Å². The molecule has 1 saturated carbocycles. The highest BCUT2D eigenvalue weighted by atomic mass is 16.1. The summed E-state index contributed by atoms with van der Waals surface area (Å²) in [5.74, 6) is 0. The molecular weight excluding hydrogens is 272 g/mol. The van der Waals surface area contributed by atoms with Gasteiger partial charge in [0.1, 0.15) is 0 Å². The molecule has 4 rings (SSSR count). The van der Waals surface area contributed by atoms with Crippen molar-refractivity contribution in [1.82, 2.24) is 4.57 Å². The molecule has 1 heterocycles. The van der Waals surface area contributed by atoms with Gasteiger partial charge in [-0.15, -0.1) is 0 Å². The molecule has 3 heteroatoms. The third-order valence-corrected chi connectivity index (χ3v) is 4.75. The third-order valence-electron chi connectivity index (χ3n) is 4.75. The van der Waals surface area contributed by atoms with Gasteiger partial charge in [-0.2, -0.15) is 4.99 Å². The van der Waals surface area contributed by atoms with Gasteiger partial charge in [-0.3, -0.25) is 0 Å². The van der Waals surface area contributed by atoms with Crippen LogP contribution in [0, 0.1) is 0 Å². The lowest BCUT2D eigenvalue weighted by Gasteiger charge is -2.12. The summed E-state index contributed by atoms with van der Waals surface area (Å²) in [6, 6.07) is 15.4. The fourth-order valence-corrected chi connectivity index (χ4v) is 3.52. The number of isocyanates is 1. The van der Waals surface area contributed by atoms with Crippen molar-refractivity contribution in [2.75, 3.05) is 0 Å². The molecule has 0 amide bonds. The van der Waals surface area contributed by atoms with E-state index in [0.717, 1.165) is 18.4 Å². The molecule has 1 aromatic heterocycles. The average molecular weight is 290 g/mol. The zero-order valence-electron chi connectivity index (χ0n) is 12.8. The summed E-state index contributed by atoms with van der Waals surface area (Å²) < 4.78 is 2.37. The van der Waals surface area contributed by atoms with Gasteiger partial charge < -0.3 is 4.57 Å². The van der Waals surface area contributed by atoms with Crippen LogP contribution in [-0.4, -0.2) is 10.6 Å². The van der Waals surface area contributed by atoms with Gasteiger partial charge in [0.15, 0.2) is 0 Å². The van der Waals surface area contributed by atoms with E-state index in [2.05, 4.69) is 65.9 Å². The van der Waals surface area contributed by atoms with Crippen LogP contribution in [0.15, 0.2) is 47.5 Å². The fourth-order valence-electron chi connectivity index (χ4n) is 3.52. The third kappa shape index (κ3) is 1.76. The summed E-state index contributed by atoms with van der Waals surface area (Å²) in [5.41, 5.74) is 3.32. The zero-order chi connectivity index (χ0) is 15.3. The number of carbonyl (C=O) groups excluding carboxylic acids is 1. The van der Waals surface area contributed by atoms with Crippen molar-refractivity contribution in [2.24, 2.45) is 4.99 Å². The van der Waals surface area contributed by atoms with Crippen LogP contribution in [0.2, 0.25) is 0 Å². The first kappa shape index (κ1) is 13.3. The number of benzene rings is 2. The van der Waals surface area contributed by atoms with Crippen molar-refractivity contribution >= 4 is 27.9 Å². The fraction of sp³-hybridized carbons (Fsp3) is 0.316. The van der Waals surface area contributed by atoms with Crippen molar-refractivity contribution in [3.63, 3.8) is 0 Å². The maximum Gasteiger partial charge on any atom is 0.235 e. The molecule has 2 aromatic carbocycles. The summed E-state index contributed by atoms with van der Waals surface area (Å²) in [5, 5.41) is 2.51. The van der Waals surface area contributed by atoms with Crippen molar-refractivity contribution in [1.29, 1.82) is 0 Å². The minimum atomic E-state index is -0.309. The molecule has 0 bridgehead atoms. The Morgan fingerprint density at radius 3 is 2.50 bits per heavy atom. The number of nitrogens with zero attached hydrogens (tertiary/aromatic N) is 2. The quantitative estimate of drug-likeness (QED) is 0.508. The lowest BCUT2D eigenvalue weighted by atomic mass is 10.0. The maximum atomic E-state index is 10.7. The molecule has 0 aliphatic heterocycles. The molecule has 0 spiro atoms. The van der Waals surface area contributed by atoms with Crippen molar-refractivity contribution in [3.8, 4) is 0 Å². The Morgan fingerprint density at radius 2 is 1.82 bits per heavy atom. The second kappa shape index (κ2) is 4.56. The molecule has 1 aliphatic rings. The number of aromatic nitrogens is 1. The van der Waals surface area contributed by atoms with E-state index >= 15 is 0 Å². The van der Waals surface area contributed by atoms with Crippen LogP contribution in [0.4, 0.5) is 0 Å². The molecule has 0 saturated heterocycles. The van der Waals surface area contributed by atoms with Crippen LogP contribution < -0.4 is 0 Å². The van der Waals surface area contributed by atoms with Gasteiger partial charge in [-0.25, -0.2) is 4.79 Å². The van der Waals surface area contributed by atoms with E-state index in [1.54, 1.807) is 6.08 Å². The SMILES string of the molecule is CC(C)n1c2ccccc2c2cc(C3(N=C=O)CC3)ccc21. The highest BCUT2D eigenvalue weighted by Crippen LogP contribution is 2.50. The molecular formula is C19H18N2O. The molecule has 110 valence electrons. The number of fused-ring (bicyclic) bond motifs is 3. The van der Waals surface area contributed by atoms with Gasteiger partial charge in [0.2, 0.25) is 6.08 Å². The first-order valence-electron chi connectivity index (χ1n) is 7.78. The lowest BCUT2D eigenvalue weighted by molar-refractivity contribution is 0.556. The van der Waals surface area contributed by atoms with E-state index in [0.29, 0.717) is 6.04 Å². The summed E-state index contributed by atoms with van der Waals surface area (Å²) in [6.45, 7) is 4.41. The Hall–Kier alpha value is -2.38. The van der Waals surface area contributed by atoms with Crippen LogP contribution in [-0.2, 0) is 10.3 Å². The standard InChI is InChI=1S/C19H18N2O/c1-13(2)21-17-6-4-3-5-15(17)16-11-14(7-8-18(16)21)19(9-10-19)20-12-22/h3-8,11,13H,9-10H2,1-2H3. The average Bonchev–Trinajstić information content (AvgIpc) is 3.22. The summed E-state index contributed by atoms with van der Waals surface area (Å²) in [6.07, 6.45) is 3.63. The Kier molecular flexibility index (Phi) is 2.75. The summed E-state index contributed by atoms with van der Waals surface area (Å²) in [4.78, 5) is 14.8. The number of hydrogen-bond donors (Lipinski definition) is 0. The second-order valence-corrected chi connectivity index (χ2v) is 6.45. The van der Waals surface area contributed by atoms with Crippen molar-refractivity contribution in [3.05, 3.63) is 48.0 Å². The van der Waals surface area contributed by atoms with Gasteiger partial charge in [0.05, 0.1) is 5.54 Å². The molecule has 1 fully saturated rings. The van der Waals surface area contributed by atoms with E-state index in [4.69, 9.17) is 0 Å². The number of hydrogen-bond acceptors (Lipinski definition) is 2. The largest absolute Gasteiger partial charge is 0.338 e. The minimum absolute atomic E-state index is 0.309. The Balaban J connectivity index is 2.05. The van der Waals surface area contributed by atoms with Gasteiger partial charge >= 0.3 is 0 Å². The molecule has 1 aliphatic carbocycles. The van der Waals surface area contributed by atoms with Gasteiger partial charge in [0, 0.05) is 27.8 Å². The van der Waals surface area contributed by atoms with E-state index < -0.39 is 0 Å². The smallest absolute Gasteiger partial charge is 0.235 e.